The number of rotatable bonds is 51. The Labute approximate surface area is 727 Å². The molecule has 28 N–H and O–H groups in total. The van der Waals surface area contributed by atoms with Gasteiger partial charge in [0.05, 0.1) is 45.1 Å². The van der Waals surface area contributed by atoms with Crippen LogP contribution in [0.4, 0.5) is 0 Å². The van der Waals surface area contributed by atoms with Gasteiger partial charge in [-0.15, -0.1) is 0 Å². The smallest absolute Gasteiger partial charge is 0.326 e. The number of nitrogens with two attached hydrogens (primary N) is 3. The highest BCUT2D eigenvalue weighted by Crippen LogP contribution is 2.25. The van der Waals surface area contributed by atoms with Gasteiger partial charge in [-0.1, -0.05) is 98.6 Å². The Kier molecular flexibility index (Phi) is 42.3. The number of aliphatic hydroxyl groups is 5. The van der Waals surface area contributed by atoms with E-state index in [4.69, 9.17) is 17.2 Å². The van der Waals surface area contributed by atoms with E-state index in [1.165, 1.54) is 35.8 Å². The second-order valence-corrected chi connectivity index (χ2v) is 32.3. The van der Waals surface area contributed by atoms with Crippen LogP contribution in [0.3, 0.4) is 0 Å². The number of carboxylic acid groups (broad SMARTS) is 2. The molecule has 0 bridgehead atoms. The van der Waals surface area contributed by atoms with Gasteiger partial charge in [0.1, 0.15) is 96.9 Å². The van der Waals surface area contributed by atoms with Crippen LogP contribution in [0.1, 0.15) is 139 Å². The molecule has 3 aliphatic rings. The summed E-state index contributed by atoms with van der Waals surface area (Å²) in [6.45, 7) is 10.5. The molecule has 4 heterocycles. The minimum Gasteiger partial charge on any atom is -0.481 e. The molecule has 702 valence electrons. The molecule has 5 rings (SSSR count). The Balaban J connectivity index is 1.22. The predicted octanol–water partition coefficient (Wildman–Crippen LogP) is -8.99. The van der Waals surface area contributed by atoms with E-state index in [-0.39, 0.29) is 64.7 Å². The zero-order chi connectivity index (χ0) is 94.3. The molecule has 0 saturated carbocycles. The number of hydrogen-bond donors (Lipinski definition) is 25. The number of likely N-dealkylation sites (tertiary alicyclic amines) is 2. The lowest BCUT2D eigenvalue weighted by Gasteiger charge is -2.32. The number of carboxylic acids is 2. The molecule has 0 radical (unpaired) electrons. The summed E-state index contributed by atoms with van der Waals surface area (Å²) in [6, 6.07) is -17.8. The fourth-order valence-electron chi connectivity index (χ4n) is 14.3. The number of carbonyl (C=O) groups excluding carboxylic acids is 16. The molecule has 19 atom stereocenters. The molecular weight excluding hydrogens is 1660 g/mol. The first kappa shape index (κ1) is 105. The zero-order valence-corrected chi connectivity index (χ0v) is 72.4. The molecule has 46 nitrogen and oxygen atoms in total. The lowest BCUT2D eigenvalue weighted by molar-refractivity contribution is -0.148. The second kappa shape index (κ2) is 50.7. The van der Waals surface area contributed by atoms with Crippen molar-refractivity contribution in [3.8, 4) is 0 Å². The van der Waals surface area contributed by atoms with Gasteiger partial charge in [0.15, 0.2) is 0 Å². The number of H-pyrrole nitrogens is 1. The van der Waals surface area contributed by atoms with Crippen molar-refractivity contribution in [1.29, 1.82) is 0 Å². The van der Waals surface area contributed by atoms with Gasteiger partial charge in [0, 0.05) is 49.6 Å². The number of nitrogens with one attached hydrogen (secondary N) is 15. The number of aliphatic hydroxyl groups excluding tert-OH is 5. The highest BCUT2D eigenvalue weighted by atomic mass is 16.4. The third-order valence-corrected chi connectivity index (χ3v) is 22.2. The van der Waals surface area contributed by atoms with E-state index >= 15 is 0 Å². The van der Waals surface area contributed by atoms with Crippen molar-refractivity contribution in [2.45, 2.75) is 249 Å². The number of amides is 16. The Hall–Kier alpha value is -11.4. The van der Waals surface area contributed by atoms with Crippen LogP contribution >= 0.6 is 0 Å². The largest absolute Gasteiger partial charge is 0.481 e. The SMILES string of the molecule is CC[C@H](C)[C@H](NC(=O)[C@H](CCC(=O)O)NC(=O)[C@H](CO)NC(=O)[C@@H](N)CCCNC(N)N)C(=O)N[C@H](C(=O)N[C@@H](CO)C(=O)N[C@H](C(=O)N[C@@H](C)C(=O)N1CC=C[C@H]1C(=O)N[C@@H](CO)C(=O)N[C@@H](CO)C(=O)N[C@@H](Cc1c[nH]c2ccccc12)C(=O)N[C@H](C(=O)N[C@H](C(=O)N1CCC[C@H]1C(=O)NCC(=O)N1CCC[C@H]1C(=O)O)C(C)C)C(C)C)[C@@H](C)O)[C@@H](C)CC. The molecule has 2 aromatic rings. The van der Waals surface area contributed by atoms with Gasteiger partial charge < -0.3 is 142 Å². The average molecular weight is 1780 g/mol. The lowest BCUT2D eigenvalue weighted by atomic mass is 9.94. The number of nitrogens with zero attached hydrogens (tertiary/aromatic N) is 3. The van der Waals surface area contributed by atoms with Crippen LogP contribution in [-0.2, 0) is 92.7 Å². The summed E-state index contributed by atoms with van der Waals surface area (Å²) >= 11 is 0. The number of para-hydroxylation sites is 1. The molecule has 1 aromatic heterocycles. The molecule has 16 amide bonds. The normalized spacial score (nSPS) is 18.8. The highest BCUT2D eigenvalue weighted by Gasteiger charge is 2.45. The fourth-order valence-corrected chi connectivity index (χ4v) is 14.3. The zero-order valence-electron chi connectivity index (χ0n) is 72.4. The van der Waals surface area contributed by atoms with E-state index in [0.29, 0.717) is 35.7 Å². The Morgan fingerprint density at radius 1 is 0.492 bits per heavy atom. The summed E-state index contributed by atoms with van der Waals surface area (Å²) in [7, 11) is 0. The first-order chi connectivity index (χ1) is 59.5. The van der Waals surface area contributed by atoms with Crippen LogP contribution in [0.15, 0.2) is 42.6 Å². The van der Waals surface area contributed by atoms with Gasteiger partial charge in [-0.2, -0.15) is 0 Å². The fraction of sp³-hybridized carbons (Fsp3) is 0.650. The molecular formula is C80H127N21O25. The van der Waals surface area contributed by atoms with Crippen molar-refractivity contribution in [3.05, 3.63) is 48.2 Å². The van der Waals surface area contributed by atoms with Crippen LogP contribution in [0.2, 0.25) is 0 Å². The van der Waals surface area contributed by atoms with Crippen LogP contribution in [0.25, 0.3) is 10.9 Å². The highest BCUT2D eigenvalue weighted by molar-refractivity contribution is 6.02. The molecule has 1 aromatic carbocycles. The molecule has 126 heavy (non-hydrogen) atoms. The Bertz CT molecular complexity index is 4180. The Morgan fingerprint density at radius 3 is 1.50 bits per heavy atom. The minimum absolute atomic E-state index is 0.0961. The van der Waals surface area contributed by atoms with E-state index in [1.807, 2.05) is 0 Å². The molecule has 2 fully saturated rings. The summed E-state index contributed by atoms with van der Waals surface area (Å²) in [6.07, 6.45) is 2.23. The van der Waals surface area contributed by atoms with Crippen molar-refractivity contribution >= 4 is 117 Å². The second-order valence-electron chi connectivity index (χ2n) is 32.3. The number of hydrogen-bond acceptors (Lipinski definition) is 27. The maximum absolute atomic E-state index is 14.7. The molecule has 0 spiro atoms. The quantitative estimate of drug-likeness (QED) is 0.0166. The summed E-state index contributed by atoms with van der Waals surface area (Å²) in [5.41, 5.74) is 18.0. The van der Waals surface area contributed by atoms with Gasteiger partial charge in [0.25, 0.3) is 0 Å². The van der Waals surface area contributed by atoms with Crippen molar-refractivity contribution in [1.82, 2.24) is 94.1 Å². The van der Waals surface area contributed by atoms with Gasteiger partial charge in [-0.3, -0.25) is 86.8 Å². The number of fused-ring (bicyclic) bond motifs is 1. The van der Waals surface area contributed by atoms with E-state index in [2.05, 4.69) is 79.4 Å². The first-order valence-electron chi connectivity index (χ1n) is 42.1. The molecule has 2 saturated heterocycles. The minimum atomic E-state index is -1.93. The standard InChI is InChI=1S/C80H127N21O25/c1-11-40(7)61(97-75(121)62(41(8)12-2)96-65(111)48(25-26-58(108)109)88-67(113)50(34-102)90-64(110)46(81)20-15-27-84-80(82)83)74(120)93-53(37-105)70(116)98-63(43(10)106)76(122)87-42(9)77(123)100-29-17-23-55(100)72(118)92-52(36-104)69(115)91-51(35-103)68(114)89-49(31-44-32-85-47-21-14-13-19-45(44)47)66(112)94-59(38(3)4)73(119)95-60(39(5)6)78(124)101-30-16-22-54(101)71(117)86-33-57(107)99-28-18-24-56(99)79(125)126/h13-14,17,19,21,23,32,38-43,46,48-56,59-63,80,84-85,102-106H,11-12,15-16,18,20,22,24-31,33-37,81-83H2,1-10H3,(H,86,117)(H,87,122)(H,88,113)(H,89,114)(H,90,110)(H,91,115)(H,92,118)(H,93,120)(H,94,112)(H,95,119)(H,96,111)(H,97,121)(H,98,116)(H,108,109)(H,125,126)/t40-,41-,42-,43+,46-,48-,49-,50-,51-,52-,53-,54-,55-,56-,59-,60-,61-,62-,63-/m0/s1. The number of carbonyl (C=O) groups is 18. The monoisotopic (exact) mass is 1780 g/mol. The van der Waals surface area contributed by atoms with Gasteiger partial charge in [0.2, 0.25) is 94.5 Å². The summed E-state index contributed by atoms with van der Waals surface area (Å²) < 4.78 is 0. The van der Waals surface area contributed by atoms with Crippen molar-refractivity contribution < 1.29 is 122 Å². The maximum Gasteiger partial charge on any atom is 0.326 e. The maximum atomic E-state index is 14.7. The van der Waals surface area contributed by atoms with Crippen LogP contribution in [0.5, 0.6) is 0 Å². The average Bonchev–Trinajstić information content (AvgIpc) is 1.67. The van der Waals surface area contributed by atoms with E-state index in [9.17, 15) is 122 Å². The van der Waals surface area contributed by atoms with E-state index in [1.54, 1.807) is 78.9 Å². The van der Waals surface area contributed by atoms with Gasteiger partial charge >= 0.3 is 11.9 Å². The van der Waals surface area contributed by atoms with Gasteiger partial charge in [-0.05, 0) is 101 Å². The number of benzene rings is 1. The molecule has 46 heteroatoms. The van der Waals surface area contributed by atoms with Crippen molar-refractivity contribution in [2.75, 3.05) is 59.2 Å². The van der Waals surface area contributed by atoms with Crippen molar-refractivity contribution in [2.24, 2.45) is 40.9 Å². The summed E-state index contributed by atoms with van der Waals surface area (Å²) in [4.78, 5) is 253. The number of aromatic nitrogens is 1. The van der Waals surface area contributed by atoms with Crippen molar-refractivity contribution in [3.63, 3.8) is 0 Å². The molecule has 3 aliphatic heterocycles. The third-order valence-electron chi connectivity index (χ3n) is 22.2. The van der Waals surface area contributed by atoms with E-state index in [0.717, 1.165) is 11.8 Å². The number of aromatic amines is 1. The lowest BCUT2D eigenvalue weighted by Crippen LogP contribution is -2.63. The third kappa shape index (κ3) is 30.2. The number of aliphatic carboxylic acids is 2. The summed E-state index contributed by atoms with van der Waals surface area (Å²) in [5.74, 6) is -21.1. The molecule has 0 aliphatic carbocycles. The van der Waals surface area contributed by atoms with Crippen LogP contribution < -0.4 is 91.6 Å². The van der Waals surface area contributed by atoms with E-state index < -0.39 is 285 Å². The summed E-state index contributed by atoms with van der Waals surface area (Å²) in [5, 5.41) is 107. The predicted molar refractivity (Wildman–Crippen MR) is 448 cm³/mol. The Morgan fingerprint density at radius 2 is 0.952 bits per heavy atom. The topological polar surface area (TPSA) is 721 Å². The van der Waals surface area contributed by atoms with Crippen LogP contribution in [-0.4, -0.2) is 330 Å². The van der Waals surface area contributed by atoms with Crippen LogP contribution in [0, 0.1) is 23.7 Å². The van der Waals surface area contributed by atoms with Gasteiger partial charge in [-0.25, -0.2) is 4.79 Å². The first-order valence-corrected chi connectivity index (χ1v) is 42.1. The molecule has 0 unspecified atom stereocenters.